The van der Waals surface area contributed by atoms with E-state index < -0.39 is 17.8 Å². The van der Waals surface area contributed by atoms with Gasteiger partial charge in [-0.1, -0.05) is 18.5 Å². The molecule has 1 aromatic heterocycles. The van der Waals surface area contributed by atoms with E-state index in [0.717, 1.165) is 12.1 Å². The highest BCUT2D eigenvalue weighted by Crippen LogP contribution is 2.31. The Balaban J connectivity index is 2.69. The van der Waals surface area contributed by atoms with Crippen LogP contribution in [0.1, 0.15) is 25.3 Å². The maximum absolute atomic E-state index is 12.5. The van der Waals surface area contributed by atoms with Crippen molar-refractivity contribution in [2.24, 2.45) is 0 Å². The minimum absolute atomic E-state index is 0.0538. The number of rotatable bonds is 5. The largest absolute Gasteiger partial charge is 0.416 e. The smallest absolute Gasteiger partial charge is 0.393 e. The van der Waals surface area contributed by atoms with Gasteiger partial charge in [-0.15, -0.1) is 0 Å². The van der Waals surface area contributed by atoms with E-state index in [9.17, 15) is 18.3 Å². The molecular weight excluding hydrogens is 269 g/mol. The zero-order valence-corrected chi connectivity index (χ0v) is 10.5. The summed E-state index contributed by atoms with van der Waals surface area (Å²) in [5.41, 5.74) is -0.846. The second kappa shape index (κ2) is 6.24. The lowest BCUT2D eigenvalue weighted by Crippen LogP contribution is -2.14. The normalized spacial score (nSPS) is 13.4. The number of alkyl halides is 3. The standard InChI is InChI=1S/C11H14ClF3N2O/c1-2-8(18)3-4-16-10-6-7(11(13,14)15)5-9(12)17-10/h5-6,8,18H,2-4H2,1H3,(H,16,17). The van der Waals surface area contributed by atoms with Crippen molar-refractivity contribution in [3.63, 3.8) is 0 Å². The molecule has 0 saturated carbocycles. The molecule has 0 bridgehead atoms. The zero-order valence-electron chi connectivity index (χ0n) is 9.76. The van der Waals surface area contributed by atoms with Crippen LogP contribution in [0.25, 0.3) is 0 Å². The number of aliphatic hydroxyl groups excluding tert-OH is 1. The van der Waals surface area contributed by atoms with Crippen molar-refractivity contribution in [1.82, 2.24) is 4.98 Å². The Bertz CT molecular complexity index is 398. The molecule has 1 atom stereocenters. The first-order valence-electron chi connectivity index (χ1n) is 5.49. The van der Waals surface area contributed by atoms with Crippen molar-refractivity contribution in [3.05, 3.63) is 22.8 Å². The summed E-state index contributed by atoms with van der Waals surface area (Å²) >= 11 is 5.52. The highest BCUT2D eigenvalue weighted by atomic mass is 35.5. The first-order valence-corrected chi connectivity index (χ1v) is 5.87. The second-order valence-electron chi connectivity index (χ2n) is 3.84. The van der Waals surface area contributed by atoms with Crippen LogP contribution in [-0.2, 0) is 6.18 Å². The number of anilines is 1. The summed E-state index contributed by atoms with van der Waals surface area (Å²) in [6.45, 7) is 2.16. The summed E-state index contributed by atoms with van der Waals surface area (Å²) in [7, 11) is 0. The number of halogens is 4. The number of hydrogen-bond acceptors (Lipinski definition) is 3. The van der Waals surface area contributed by atoms with Gasteiger partial charge in [-0.2, -0.15) is 13.2 Å². The molecule has 18 heavy (non-hydrogen) atoms. The Morgan fingerprint density at radius 1 is 1.44 bits per heavy atom. The summed E-state index contributed by atoms with van der Waals surface area (Å²) < 4.78 is 37.5. The van der Waals surface area contributed by atoms with Crippen LogP contribution in [0.3, 0.4) is 0 Å². The summed E-state index contributed by atoms with van der Waals surface area (Å²) in [6.07, 6.45) is -3.89. The van der Waals surface area contributed by atoms with E-state index >= 15 is 0 Å². The molecule has 2 N–H and O–H groups in total. The van der Waals surface area contributed by atoms with Crippen molar-refractivity contribution >= 4 is 17.4 Å². The highest BCUT2D eigenvalue weighted by Gasteiger charge is 2.31. The fourth-order valence-electron chi connectivity index (χ4n) is 1.32. The van der Waals surface area contributed by atoms with E-state index in [1.54, 1.807) is 0 Å². The van der Waals surface area contributed by atoms with Crippen LogP contribution in [0.15, 0.2) is 12.1 Å². The van der Waals surface area contributed by atoms with Crippen LogP contribution < -0.4 is 5.32 Å². The lowest BCUT2D eigenvalue weighted by atomic mass is 10.2. The summed E-state index contributed by atoms with van der Waals surface area (Å²) in [6, 6.07) is 1.66. The van der Waals surface area contributed by atoms with Gasteiger partial charge in [-0.25, -0.2) is 4.98 Å². The first-order chi connectivity index (χ1) is 8.32. The number of nitrogens with zero attached hydrogens (tertiary/aromatic N) is 1. The van der Waals surface area contributed by atoms with Crippen LogP contribution in [0.4, 0.5) is 19.0 Å². The van der Waals surface area contributed by atoms with Crippen LogP contribution in [0, 0.1) is 0 Å². The molecule has 0 aliphatic carbocycles. The molecule has 0 aliphatic heterocycles. The topological polar surface area (TPSA) is 45.1 Å². The third-order valence-electron chi connectivity index (χ3n) is 2.38. The van der Waals surface area contributed by atoms with Gasteiger partial charge in [0.15, 0.2) is 0 Å². The fraction of sp³-hybridized carbons (Fsp3) is 0.545. The predicted molar refractivity (Wildman–Crippen MR) is 63.7 cm³/mol. The van der Waals surface area contributed by atoms with E-state index in [4.69, 9.17) is 11.6 Å². The Labute approximate surface area is 108 Å². The molecular formula is C11H14ClF3N2O. The fourth-order valence-corrected chi connectivity index (χ4v) is 1.53. The quantitative estimate of drug-likeness (QED) is 0.814. The molecule has 0 aliphatic rings. The molecule has 1 aromatic rings. The Hall–Kier alpha value is -1.01. The van der Waals surface area contributed by atoms with Gasteiger partial charge >= 0.3 is 6.18 Å². The van der Waals surface area contributed by atoms with Crippen molar-refractivity contribution in [1.29, 1.82) is 0 Å². The van der Waals surface area contributed by atoms with Gasteiger partial charge in [-0.3, -0.25) is 0 Å². The minimum Gasteiger partial charge on any atom is -0.393 e. The lowest BCUT2D eigenvalue weighted by molar-refractivity contribution is -0.137. The van der Waals surface area contributed by atoms with Crippen molar-refractivity contribution in [2.75, 3.05) is 11.9 Å². The number of aliphatic hydroxyl groups is 1. The molecule has 102 valence electrons. The third kappa shape index (κ3) is 4.70. The Morgan fingerprint density at radius 3 is 2.67 bits per heavy atom. The number of pyridine rings is 1. The monoisotopic (exact) mass is 282 g/mol. The van der Waals surface area contributed by atoms with Gasteiger partial charge in [0, 0.05) is 6.54 Å². The van der Waals surface area contributed by atoms with Crippen molar-refractivity contribution < 1.29 is 18.3 Å². The summed E-state index contributed by atoms with van der Waals surface area (Å²) in [5.74, 6) is 0.0538. The molecule has 0 aromatic carbocycles. The van der Waals surface area contributed by atoms with E-state index in [1.807, 2.05) is 6.92 Å². The predicted octanol–water partition coefficient (Wildman–Crippen LogP) is 3.33. The number of nitrogens with one attached hydrogen (secondary N) is 1. The van der Waals surface area contributed by atoms with Gasteiger partial charge in [-0.05, 0) is 25.0 Å². The molecule has 1 heterocycles. The molecule has 0 radical (unpaired) electrons. The second-order valence-corrected chi connectivity index (χ2v) is 4.23. The number of aromatic nitrogens is 1. The van der Waals surface area contributed by atoms with Crippen LogP contribution in [0.2, 0.25) is 5.15 Å². The Morgan fingerprint density at radius 2 is 2.11 bits per heavy atom. The summed E-state index contributed by atoms with van der Waals surface area (Å²) in [4.78, 5) is 3.74. The van der Waals surface area contributed by atoms with Crippen LogP contribution in [0.5, 0.6) is 0 Å². The van der Waals surface area contributed by atoms with E-state index in [-0.39, 0.29) is 11.0 Å². The van der Waals surface area contributed by atoms with Crippen LogP contribution in [-0.4, -0.2) is 22.7 Å². The van der Waals surface area contributed by atoms with Gasteiger partial charge in [0.2, 0.25) is 0 Å². The first kappa shape index (κ1) is 15.0. The molecule has 1 rings (SSSR count). The van der Waals surface area contributed by atoms with E-state index in [0.29, 0.717) is 19.4 Å². The molecule has 7 heteroatoms. The number of hydrogen-bond donors (Lipinski definition) is 2. The van der Waals surface area contributed by atoms with Crippen molar-refractivity contribution in [3.8, 4) is 0 Å². The molecule has 1 unspecified atom stereocenters. The minimum atomic E-state index is -4.45. The van der Waals surface area contributed by atoms with Gasteiger partial charge in [0.1, 0.15) is 11.0 Å². The van der Waals surface area contributed by atoms with Crippen molar-refractivity contribution in [2.45, 2.75) is 32.0 Å². The van der Waals surface area contributed by atoms with E-state index in [2.05, 4.69) is 10.3 Å². The van der Waals surface area contributed by atoms with Gasteiger partial charge in [0.05, 0.1) is 11.7 Å². The maximum Gasteiger partial charge on any atom is 0.416 e. The van der Waals surface area contributed by atoms with Gasteiger partial charge in [0.25, 0.3) is 0 Å². The van der Waals surface area contributed by atoms with E-state index in [1.165, 1.54) is 0 Å². The molecule has 0 saturated heterocycles. The summed E-state index contributed by atoms with van der Waals surface area (Å²) in [5, 5.41) is 11.8. The van der Waals surface area contributed by atoms with Crippen LogP contribution >= 0.6 is 11.6 Å². The average molecular weight is 283 g/mol. The Kier molecular flexibility index (Phi) is 5.22. The molecule has 0 fully saturated rings. The molecule has 0 amide bonds. The maximum atomic E-state index is 12.5. The average Bonchev–Trinajstić information content (AvgIpc) is 2.27. The SMILES string of the molecule is CCC(O)CCNc1cc(C(F)(F)F)cc(Cl)n1. The molecule has 3 nitrogen and oxygen atoms in total. The zero-order chi connectivity index (χ0) is 13.8. The van der Waals surface area contributed by atoms with Gasteiger partial charge < -0.3 is 10.4 Å². The third-order valence-corrected chi connectivity index (χ3v) is 2.57. The highest BCUT2D eigenvalue weighted by molar-refractivity contribution is 6.29. The lowest BCUT2D eigenvalue weighted by Gasteiger charge is -2.12. The molecule has 0 spiro atoms.